The van der Waals surface area contributed by atoms with Crippen LogP contribution in [0.2, 0.25) is 0 Å². The molecule has 31 heavy (non-hydrogen) atoms. The Hall–Kier alpha value is -4.07. The molecule has 4 aromatic rings. The second-order valence-electron chi connectivity index (χ2n) is 6.91. The average molecular weight is 416 g/mol. The molecule has 0 saturated carbocycles. The van der Waals surface area contributed by atoms with Crippen molar-refractivity contribution >= 4 is 17.0 Å². The Balaban J connectivity index is 2.09. The van der Waals surface area contributed by atoms with Gasteiger partial charge in [0.15, 0.2) is 5.65 Å². The third-order valence-corrected chi connectivity index (χ3v) is 4.90. The fourth-order valence-corrected chi connectivity index (χ4v) is 3.39. The largest absolute Gasteiger partial charge is 0.462 e. The number of rotatable bonds is 5. The molecule has 3 heterocycles. The van der Waals surface area contributed by atoms with Crippen LogP contribution in [0.25, 0.3) is 22.4 Å². The SMILES string of the molecule is CCOC(=O)c1cc(-c2ccccn2)nc2c1c(=O)n(C)c(=O)n2Cc1ccccc1. The fourth-order valence-electron chi connectivity index (χ4n) is 3.39. The molecule has 0 unspecified atom stereocenters. The molecule has 0 N–H and O–H groups in total. The lowest BCUT2D eigenvalue weighted by atomic mass is 10.1. The molecule has 1 aromatic carbocycles. The zero-order chi connectivity index (χ0) is 22.0. The molecule has 0 amide bonds. The second kappa shape index (κ2) is 8.35. The van der Waals surface area contributed by atoms with Crippen LogP contribution in [-0.2, 0) is 18.3 Å². The van der Waals surface area contributed by atoms with Crippen LogP contribution in [0, 0.1) is 0 Å². The van der Waals surface area contributed by atoms with E-state index in [9.17, 15) is 14.4 Å². The standard InChI is InChI=1S/C23H20N4O4/c1-3-31-22(29)16-13-18(17-11-7-8-12-24-17)25-20-19(16)21(28)26(2)23(30)27(20)14-15-9-5-4-6-10-15/h4-13H,3,14H2,1-2H3. The molecule has 4 rings (SSSR count). The molecular formula is C23H20N4O4. The van der Waals surface area contributed by atoms with E-state index < -0.39 is 17.2 Å². The zero-order valence-corrected chi connectivity index (χ0v) is 17.1. The Morgan fingerprint density at radius 2 is 1.77 bits per heavy atom. The summed E-state index contributed by atoms with van der Waals surface area (Å²) in [4.78, 5) is 47.7. The van der Waals surface area contributed by atoms with Crippen LogP contribution >= 0.6 is 0 Å². The van der Waals surface area contributed by atoms with E-state index in [1.54, 1.807) is 31.3 Å². The van der Waals surface area contributed by atoms with E-state index in [-0.39, 0.29) is 29.7 Å². The van der Waals surface area contributed by atoms with Gasteiger partial charge in [-0.05, 0) is 30.7 Å². The van der Waals surface area contributed by atoms with E-state index in [1.807, 2.05) is 30.3 Å². The van der Waals surface area contributed by atoms with Gasteiger partial charge >= 0.3 is 11.7 Å². The number of carbonyl (C=O) groups excluding carboxylic acids is 1. The first-order valence-electron chi connectivity index (χ1n) is 9.78. The number of nitrogens with zero attached hydrogens (tertiary/aromatic N) is 4. The van der Waals surface area contributed by atoms with Crippen LogP contribution in [0.15, 0.2) is 70.4 Å². The van der Waals surface area contributed by atoms with Crippen LogP contribution in [-0.4, -0.2) is 31.7 Å². The Morgan fingerprint density at radius 3 is 2.45 bits per heavy atom. The molecule has 0 fully saturated rings. The molecule has 3 aromatic heterocycles. The van der Waals surface area contributed by atoms with Crippen LogP contribution in [0.5, 0.6) is 0 Å². The van der Waals surface area contributed by atoms with Gasteiger partial charge in [-0.2, -0.15) is 0 Å². The molecule has 0 atom stereocenters. The summed E-state index contributed by atoms with van der Waals surface area (Å²) in [5.41, 5.74) is 0.763. The summed E-state index contributed by atoms with van der Waals surface area (Å²) in [5, 5.41) is 0.0381. The maximum atomic E-state index is 13.0. The number of fused-ring (bicyclic) bond motifs is 1. The number of aromatic nitrogens is 4. The highest BCUT2D eigenvalue weighted by atomic mass is 16.5. The Bertz CT molecular complexity index is 1380. The van der Waals surface area contributed by atoms with Gasteiger partial charge in [0.2, 0.25) is 0 Å². The van der Waals surface area contributed by atoms with Crippen molar-refractivity contribution in [2.45, 2.75) is 13.5 Å². The van der Waals surface area contributed by atoms with Crippen molar-refractivity contribution in [3.05, 3.63) is 92.8 Å². The first kappa shape index (κ1) is 20.2. The van der Waals surface area contributed by atoms with Crippen molar-refractivity contribution in [3.8, 4) is 11.4 Å². The van der Waals surface area contributed by atoms with Gasteiger partial charge in [0.1, 0.15) is 0 Å². The van der Waals surface area contributed by atoms with Gasteiger partial charge in [-0.25, -0.2) is 14.6 Å². The second-order valence-corrected chi connectivity index (χ2v) is 6.91. The highest BCUT2D eigenvalue weighted by molar-refractivity contribution is 6.03. The molecule has 0 aliphatic rings. The number of benzene rings is 1. The number of hydrogen-bond donors (Lipinski definition) is 0. The van der Waals surface area contributed by atoms with Crippen LogP contribution < -0.4 is 11.2 Å². The topological polar surface area (TPSA) is 96.1 Å². The lowest BCUT2D eigenvalue weighted by Gasteiger charge is -2.15. The highest BCUT2D eigenvalue weighted by Crippen LogP contribution is 2.22. The average Bonchev–Trinajstić information content (AvgIpc) is 2.81. The minimum absolute atomic E-state index is 0.0381. The smallest absolute Gasteiger partial charge is 0.339 e. The molecule has 0 spiro atoms. The molecule has 0 saturated heterocycles. The molecule has 0 radical (unpaired) electrons. The third-order valence-electron chi connectivity index (χ3n) is 4.90. The number of ether oxygens (including phenoxy) is 1. The van der Waals surface area contributed by atoms with Crippen LogP contribution in [0.1, 0.15) is 22.8 Å². The van der Waals surface area contributed by atoms with Gasteiger partial charge in [-0.15, -0.1) is 0 Å². The summed E-state index contributed by atoms with van der Waals surface area (Å²) < 4.78 is 7.56. The Labute approximate surface area is 177 Å². The first-order chi connectivity index (χ1) is 15.0. The maximum absolute atomic E-state index is 13.0. The number of esters is 1. The van der Waals surface area contributed by atoms with Crippen molar-refractivity contribution in [2.75, 3.05) is 6.61 Å². The van der Waals surface area contributed by atoms with Crippen molar-refractivity contribution in [2.24, 2.45) is 7.05 Å². The van der Waals surface area contributed by atoms with E-state index in [1.165, 1.54) is 17.7 Å². The Kier molecular flexibility index (Phi) is 5.44. The molecule has 8 heteroatoms. The maximum Gasteiger partial charge on any atom is 0.339 e. The van der Waals surface area contributed by atoms with Gasteiger partial charge < -0.3 is 4.74 Å². The number of pyridine rings is 2. The summed E-state index contributed by atoms with van der Waals surface area (Å²) in [6.45, 7) is 2.02. The monoisotopic (exact) mass is 416 g/mol. The molecule has 8 nitrogen and oxygen atoms in total. The predicted octanol–water partition coefficient (Wildman–Crippen LogP) is 2.38. The van der Waals surface area contributed by atoms with E-state index in [2.05, 4.69) is 9.97 Å². The van der Waals surface area contributed by atoms with Gasteiger partial charge in [-0.3, -0.25) is 18.9 Å². The lowest BCUT2D eigenvalue weighted by molar-refractivity contribution is 0.0528. The van der Waals surface area contributed by atoms with Crippen molar-refractivity contribution in [3.63, 3.8) is 0 Å². The highest BCUT2D eigenvalue weighted by Gasteiger charge is 2.22. The van der Waals surface area contributed by atoms with Gasteiger partial charge in [0.05, 0.1) is 35.5 Å². The van der Waals surface area contributed by atoms with Gasteiger partial charge in [0, 0.05) is 13.2 Å². The van der Waals surface area contributed by atoms with E-state index in [0.717, 1.165) is 10.1 Å². The van der Waals surface area contributed by atoms with Gasteiger partial charge in [0.25, 0.3) is 5.56 Å². The van der Waals surface area contributed by atoms with Crippen molar-refractivity contribution in [1.29, 1.82) is 0 Å². The minimum atomic E-state index is -0.658. The quantitative estimate of drug-likeness (QED) is 0.464. The van der Waals surface area contributed by atoms with Crippen LogP contribution in [0.3, 0.4) is 0 Å². The lowest BCUT2D eigenvalue weighted by Crippen LogP contribution is -2.39. The van der Waals surface area contributed by atoms with Crippen molar-refractivity contribution < 1.29 is 9.53 Å². The van der Waals surface area contributed by atoms with E-state index >= 15 is 0 Å². The number of carbonyl (C=O) groups is 1. The van der Waals surface area contributed by atoms with Crippen molar-refractivity contribution in [1.82, 2.24) is 19.1 Å². The third kappa shape index (κ3) is 3.75. The Morgan fingerprint density at radius 1 is 1.03 bits per heavy atom. The molecule has 0 aliphatic carbocycles. The summed E-state index contributed by atoms with van der Waals surface area (Å²) in [5.74, 6) is -0.658. The van der Waals surface area contributed by atoms with E-state index in [0.29, 0.717) is 11.4 Å². The molecule has 0 bridgehead atoms. The molecule has 156 valence electrons. The predicted molar refractivity (Wildman–Crippen MR) is 116 cm³/mol. The minimum Gasteiger partial charge on any atom is -0.462 e. The summed E-state index contributed by atoms with van der Waals surface area (Å²) in [6.07, 6.45) is 1.60. The zero-order valence-electron chi connectivity index (χ0n) is 17.1. The molecule has 0 aliphatic heterocycles. The van der Waals surface area contributed by atoms with Crippen LogP contribution in [0.4, 0.5) is 0 Å². The number of hydrogen-bond acceptors (Lipinski definition) is 6. The fraction of sp³-hybridized carbons (Fsp3) is 0.174. The van der Waals surface area contributed by atoms with Gasteiger partial charge in [-0.1, -0.05) is 36.4 Å². The molecular weight excluding hydrogens is 396 g/mol. The summed E-state index contributed by atoms with van der Waals surface area (Å²) >= 11 is 0. The first-order valence-corrected chi connectivity index (χ1v) is 9.78. The summed E-state index contributed by atoms with van der Waals surface area (Å²) in [6, 6.07) is 16.1. The van der Waals surface area contributed by atoms with E-state index in [4.69, 9.17) is 4.74 Å². The normalized spacial score (nSPS) is 10.9. The summed E-state index contributed by atoms with van der Waals surface area (Å²) in [7, 11) is 1.38.